The Morgan fingerprint density at radius 2 is 0.923 bits per heavy atom. The monoisotopic (exact) mass is 356 g/mol. The molecule has 2 bridgehead atoms. The van der Waals surface area contributed by atoms with E-state index in [2.05, 4.69) is 24.3 Å². The molecule has 0 amide bonds. The van der Waals surface area contributed by atoms with Crippen molar-refractivity contribution in [3.05, 3.63) is 35.4 Å². The molecule has 2 aliphatic carbocycles. The summed E-state index contributed by atoms with van der Waals surface area (Å²) in [6, 6.07) is 8.39. The lowest BCUT2D eigenvalue weighted by atomic mass is 9.76. The molecule has 0 radical (unpaired) electrons. The summed E-state index contributed by atoms with van der Waals surface area (Å²) in [5.74, 6) is -3.84. The molecule has 1 aromatic rings. The highest BCUT2D eigenvalue weighted by molar-refractivity contribution is 6.79. The molecule has 0 aliphatic heterocycles. The summed E-state index contributed by atoms with van der Waals surface area (Å²) in [6.45, 7) is 6.68. The first-order chi connectivity index (χ1) is 12.0. The fourth-order valence-corrected chi connectivity index (χ4v) is 3.39. The maximum absolute atomic E-state index is 12.5. The first-order valence-corrected chi connectivity index (χ1v) is 9.30. The number of benzene rings is 1. The minimum atomic E-state index is -1.16. The summed E-state index contributed by atoms with van der Waals surface area (Å²) >= 11 is 0. The Morgan fingerprint density at radius 3 is 1.23 bits per heavy atom. The smallest absolute Gasteiger partial charge is 0.272 e. The van der Waals surface area contributed by atoms with Crippen molar-refractivity contribution in [2.24, 2.45) is 10.8 Å². The second-order valence-electron chi connectivity index (χ2n) is 8.61. The molecule has 0 atom stereocenters. The van der Waals surface area contributed by atoms with Gasteiger partial charge >= 0.3 is 0 Å². The van der Waals surface area contributed by atoms with Crippen molar-refractivity contribution < 1.29 is 19.2 Å². The molecule has 3 rings (SSSR count). The zero-order valence-corrected chi connectivity index (χ0v) is 16.2. The first-order valence-electron chi connectivity index (χ1n) is 9.30. The van der Waals surface area contributed by atoms with Crippen molar-refractivity contribution in [1.82, 2.24) is 0 Å². The van der Waals surface area contributed by atoms with Crippen LogP contribution in [0, 0.1) is 10.8 Å². The first kappa shape index (κ1) is 20.2. The van der Waals surface area contributed by atoms with Crippen LogP contribution in [0.25, 0.3) is 0 Å². The predicted molar refractivity (Wildman–Crippen MR) is 99.9 cm³/mol. The summed E-state index contributed by atoms with van der Waals surface area (Å²) in [4.78, 5) is 49.7. The van der Waals surface area contributed by atoms with Crippen molar-refractivity contribution >= 4 is 23.1 Å². The molecular formula is C22H28O4. The van der Waals surface area contributed by atoms with Crippen molar-refractivity contribution in [3.8, 4) is 0 Å². The van der Waals surface area contributed by atoms with Gasteiger partial charge in [-0.3, -0.25) is 19.2 Å². The van der Waals surface area contributed by atoms with Crippen LogP contribution < -0.4 is 0 Å². The van der Waals surface area contributed by atoms with Crippen LogP contribution in [-0.2, 0) is 32.0 Å². The fourth-order valence-electron chi connectivity index (χ4n) is 3.39. The molecule has 0 unspecified atom stereocenters. The Balaban J connectivity index is 2.32. The predicted octanol–water partition coefficient (Wildman–Crippen LogP) is 3.67. The Hall–Kier alpha value is -2.10. The Kier molecular flexibility index (Phi) is 5.94. The zero-order chi connectivity index (χ0) is 19.5. The maximum atomic E-state index is 12.5. The van der Waals surface area contributed by atoms with E-state index in [0.29, 0.717) is 12.8 Å². The molecule has 0 saturated carbocycles. The lowest BCUT2D eigenvalue weighted by Gasteiger charge is -2.24. The standard InChI is InChI=1S/C22H28O4/c1-21(2)13-5-7-15-9-11-16(12-10-15)8-6-14-22(3,4)20(26)18(24)17(23)19(21)25/h9-12H,5-8,13-14H2,1-4H3. The molecule has 140 valence electrons. The number of carbonyl (C=O) groups excluding carboxylic acids is 4. The third-order valence-electron chi connectivity index (χ3n) is 5.41. The highest BCUT2D eigenvalue weighted by atomic mass is 16.2. The summed E-state index contributed by atoms with van der Waals surface area (Å²) < 4.78 is 0. The molecule has 0 fully saturated rings. The molecular weight excluding hydrogens is 328 g/mol. The van der Waals surface area contributed by atoms with E-state index in [1.807, 2.05) is 0 Å². The second kappa shape index (κ2) is 7.65. The lowest BCUT2D eigenvalue weighted by Crippen LogP contribution is -2.43. The van der Waals surface area contributed by atoms with E-state index in [4.69, 9.17) is 0 Å². The van der Waals surface area contributed by atoms with E-state index in [-0.39, 0.29) is 0 Å². The molecule has 0 heterocycles. The summed E-state index contributed by atoms with van der Waals surface area (Å²) in [5, 5.41) is 0. The summed E-state index contributed by atoms with van der Waals surface area (Å²) in [6.07, 6.45) is 4.07. The molecule has 1 aromatic carbocycles. The number of hydrogen-bond acceptors (Lipinski definition) is 4. The minimum absolute atomic E-state index is 0.490. The average molecular weight is 356 g/mol. The normalized spacial score (nSPS) is 21.8. The number of carbonyl (C=O) groups is 4. The van der Waals surface area contributed by atoms with Gasteiger partial charge < -0.3 is 0 Å². The van der Waals surface area contributed by atoms with E-state index in [1.165, 1.54) is 11.1 Å². The van der Waals surface area contributed by atoms with Gasteiger partial charge in [0.1, 0.15) is 0 Å². The van der Waals surface area contributed by atoms with Gasteiger partial charge in [-0.05, 0) is 49.7 Å². The molecule has 4 nitrogen and oxygen atoms in total. The van der Waals surface area contributed by atoms with Crippen LogP contribution in [0.5, 0.6) is 0 Å². The van der Waals surface area contributed by atoms with E-state index in [0.717, 1.165) is 25.7 Å². The fraction of sp³-hybridized carbons (Fsp3) is 0.545. The molecule has 0 spiro atoms. The molecule has 2 aliphatic rings. The molecule has 26 heavy (non-hydrogen) atoms. The Bertz CT molecular complexity index is 660. The van der Waals surface area contributed by atoms with Crippen LogP contribution in [0.1, 0.15) is 64.5 Å². The Labute approximate surface area is 155 Å². The highest BCUT2D eigenvalue weighted by Crippen LogP contribution is 2.29. The van der Waals surface area contributed by atoms with Gasteiger partial charge in [-0.15, -0.1) is 0 Å². The SMILES string of the molecule is CC1(C)CCCc2ccc(cc2)CCCC(C)(C)C(=O)C(=O)C(=O)C1=O. The second-order valence-corrected chi connectivity index (χ2v) is 8.61. The zero-order valence-electron chi connectivity index (χ0n) is 16.2. The topological polar surface area (TPSA) is 68.3 Å². The van der Waals surface area contributed by atoms with Crippen molar-refractivity contribution in [1.29, 1.82) is 0 Å². The number of aryl methyl sites for hydroxylation is 2. The lowest BCUT2D eigenvalue weighted by molar-refractivity contribution is -0.153. The molecule has 4 heteroatoms. The number of Topliss-reactive ketones (excluding diaryl/α,β-unsaturated/α-hetero) is 4. The number of fused-ring (bicyclic) bond motifs is 13. The molecule has 0 aromatic heterocycles. The highest BCUT2D eigenvalue weighted by Gasteiger charge is 2.42. The average Bonchev–Trinajstić information content (AvgIpc) is 2.59. The van der Waals surface area contributed by atoms with Gasteiger partial charge in [-0.1, -0.05) is 52.0 Å². The van der Waals surface area contributed by atoms with Gasteiger partial charge in [0.05, 0.1) is 0 Å². The number of hydrogen-bond donors (Lipinski definition) is 0. The van der Waals surface area contributed by atoms with E-state index < -0.39 is 34.0 Å². The third kappa shape index (κ3) is 4.54. The van der Waals surface area contributed by atoms with Gasteiger partial charge in [-0.2, -0.15) is 0 Å². The van der Waals surface area contributed by atoms with Gasteiger partial charge in [0.2, 0.25) is 11.6 Å². The number of rotatable bonds is 0. The van der Waals surface area contributed by atoms with E-state index in [9.17, 15) is 19.2 Å². The molecule has 0 N–H and O–H groups in total. The van der Waals surface area contributed by atoms with Crippen molar-refractivity contribution in [2.45, 2.75) is 66.2 Å². The van der Waals surface area contributed by atoms with E-state index >= 15 is 0 Å². The van der Waals surface area contributed by atoms with Crippen LogP contribution in [0.4, 0.5) is 0 Å². The van der Waals surface area contributed by atoms with Gasteiger partial charge in [-0.25, -0.2) is 0 Å². The van der Waals surface area contributed by atoms with Gasteiger partial charge in [0, 0.05) is 10.8 Å². The van der Waals surface area contributed by atoms with Crippen LogP contribution >= 0.6 is 0 Å². The summed E-state index contributed by atoms with van der Waals surface area (Å²) in [7, 11) is 0. The van der Waals surface area contributed by atoms with Crippen molar-refractivity contribution in [2.75, 3.05) is 0 Å². The van der Waals surface area contributed by atoms with Gasteiger partial charge in [0.25, 0.3) is 11.6 Å². The van der Waals surface area contributed by atoms with Gasteiger partial charge in [0.15, 0.2) is 0 Å². The van der Waals surface area contributed by atoms with Crippen LogP contribution in [0.2, 0.25) is 0 Å². The third-order valence-corrected chi connectivity index (χ3v) is 5.41. The van der Waals surface area contributed by atoms with Crippen LogP contribution in [0.3, 0.4) is 0 Å². The minimum Gasteiger partial charge on any atom is -0.290 e. The van der Waals surface area contributed by atoms with E-state index in [1.54, 1.807) is 27.7 Å². The Morgan fingerprint density at radius 1 is 0.615 bits per heavy atom. The summed E-state index contributed by atoms with van der Waals surface area (Å²) in [5.41, 5.74) is 0.492. The maximum Gasteiger partial charge on any atom is 0.272 e. The van der Waals surface area contributed by atoms with Crippen LogP contribution in [0.15, 0.2) is 24.3 Å². The van der Waals surface area contributed by atoms with Crippen LogP contribution in [-0.4, -0.2) is 23.1 Å². The quantitative estimate of drug-likeness (QED) is 0.665. The number of ketones is 4. The molecule has 0 saturated heterocycles. The largest absolute Gasteiger partial charge is 0.290 e. The van der Waals surface area contributed by atoms with Crippen molar-refractivity contribution in [3.63, 3.8) is 0 Å².